The van der Waals surface area contributed by atoms with Gasteiger partial charge in [-0.1, -0.05) is 23.4 Å². The van der Waals surface area contributed by atoms with Crippen LogP contribution in [0.4, 0.5) is 0 Å². The normalized spacial score (nSPS) is 16.3. The summed E-state index contributed by atoms with van der Waals surface area (Å²) in [6.07, 6.45) is 2.08. The number of nitrogens with zero attached hydrogens (tertiary/aromatic N) is 4. The standard InChI is InChI=1S/C22H23N5O3S/c1-13-17(14(2)30-25-13)12-27-22(29)26-10-9-16(7-8-20(26)24-27)23-21(28)19-11-15-5-3-4-6-18(15)31-19/h3-6,11,16H,7-10,12H2,1-2H3,(H,23,28). The summed E-state index contributed by atoms with van der Waals surface area (Å²) in [4.78, 5) is 26.4. The Morgan fingerprint density at radius 1 is 1.29 bits per heavy atom. The lowest BCUT2D eigenvalue weighted by atomic mass is 10.1. The Balaban J connectivity index is 1.28. The molecule has 1 aromatic carbocycles. The molecule has 0 saturated carbocycles. The fourth-order valence-electron chi connectivity index (χ4n) is 4.10. The summed E-state index contributed by atoms with van der Waals surface area (Å²) in [6.45, 7) is 4.59. The number of thiophene rings is 1. The van der Waals surface area contributed by atoms with Gasteiger partial charge in [-0.25, -0.2) is 9.48 Å². The molecule has 1 aliphatic heterocycles. The number of amides is 1. The lowest BCUT2D eigenvalue weighted by molar-refractivity contribution is 0.0937. The van der Waals surface area contributed by atoms with Crippen molar-refractivity contribution >= 4 is 27.3 Å². The highest BCUT2D eigenvalue weighted by atomic mass is 32.1. The van der Waals surface area contributed by atoms with Crippen molar-refractivity contribution in [3.63, 3.8) is 0 Å². The minimum atomic E-state index is -0.133. The van der Waals surface area contributed by atoms with Crippen LogP contribution in [0.15, 0.2) is 39.6 Å². The molecule has 1 amide bonds. The van der Waals surface area contributed by atoms with Crippen LogP contribution >= 0.6 is 11.3 Å². The predicted molar refractivity (Wildman–Crippen MR) is 118 cm³/mol. The third-order valence-corrected chi connectivity index (χ3v) is 7.01. The smallest absolute Gasteiger partial charge is 0.346 e. The number of hydrogen-bond acceptors (Lipinski definition) is 6. The largest absolute Gasteiger partial charge is 0.361 e. The molecule has 0 spiro atoms. The second-order valence-corrected chi connectivity index (χ2v) is 9.04. The summed E-state index contributed by atoms with van der Waals surface area (Å²) >= 11 is 1.50. The number of benzene rings is 1. The number of aromatic nitrogens is 4. The maximum atomic E-state index is 12.9. The van der Waals surface area contributed by atoms with E-state index in [9.17, 15) is 9.59 Å². The van der Waals surface area contributed by atoms with Gasteiger partial charge in [-0.3, -0.25) is 9.36 Å². The molecule has 0 radical (unpaired) electrons. The van der Waals surface area contributed by atoms with E-state index >= 15 is 0 Å². The van der Waals surface area contributed by atoms with E-state index in [1.807, 2.05) is 44.2 Å². The average Bonchev–Trinajstić information content (AvgIpc) is 3.37. The number of hydrogen-bond donors (Lipinski definition) is 1. The molecule has 0 bridgehead atoms. The first kappa shape index (κ1) is 19.7. The summed E-state index contributed by atoms with van der Waals surface area (Å²) in [7, 11) is 0. The predicted octanol–water partition coefficient (Wildman–Crippen LogP) is 3.05. The van der Waals surface area contributed by atoms with Gasteiger partial charge in [0.2, 0.25) is 0 Å². The van der Waals surface area contributed by atoms with Crippen molar-refractivity contribution in [2.24, 2.45) is 0 Å². The van der Waals surface area contributed by atoms with Gasteiger partial charge >= 0.3 is 5.69 Å². The van der Waals surface area contributed by atoms with Crippen LogP contribution in [0.2, 0.25) is 0 Å². The lowest BCUT2D eigenvalue weighted by Crippen LogP contribution is -2.35. The average molecular weight is 438 g/mol. The zero-order chi connectivity index (χ0) is 21.5. The van der Waals surface area contributed by atoms with Gasteiger partial charge in [0.1, 0.15) is 11.6 Å². The molecule has 1 N–H and O–H groups in total. The van der Waals surface area contributed by atoms with Gasteiger partial charge in [0.05, 0.1) is 17.1 Å². The van der Waals surface area contributed by atoms with Crippen molar-refractivity contribution in [3.8, 4) is 0 Å². The van der Waals surface area contributed by atoms with Gasteiger partial charge in [0.15, 0.2) is 0 Å². The van der Waals surface area contributed by atoms with Gasteiger partial charge < -0.3 is 9.84 Å². The van der Waals surface area contributed by atoms with Gasteiger partial charge in [-0.2, -0.15) is 5.10 Å². The Bertz CT molecular complexity index is 1280. The SMILES string of the molecule is Cc1noc(C)c1Cn1nc2n(c1=O)CCC(NC(=O)c1cc3ccccc3s1)CC2. The van der Waals surface area contributed by atoms with Crippen LogP contribution in [-0.4, -0.2) is 31.5 Å². The van der Waals surface area contributed by atoms with E-state index in [0.717, 1.165) is 33.6 Å². The molecule has 4 heterocycles. The Kier molecular flexibility index (Phi) is 4.97. The molecule has 1 unspecified atom stereocenters. The fourth-order valence-corrected chi connectivity index (χ4v) is 5.07. The topological polar surface area (TPSA) is 94.9 Å². The van der Waals surface area contributed by atoms with E-state index < -0.39 is 0 Å². The monoisotopic (exact) mass is 437 g/mol. The van der Waals surface area contributed by atoms with E-state index in [1.165, 1.54) is 16.0 Å². The summed E-state index contributed by atoms with van der Waals surface area (Å²) in [5.74, 6) is 1.41. The van der Waals surface area contributed by atoms with Crippen LogP contribution in [-0.2, 0) is 19.5 Å². The Labute approximate surface area is 182 Å². The second kappa shape index (κ2) is 7.81. The van der Waals surface area contributed by atoms with Crippen molar-refractivity contribution in [1.82, 2.24) is 24.8 Å². The van der Waals surface area contributed by atoms with Gasteiger partial charge in [0, 0.05) is 29.3 Å². The van der Waals surface area contributed by atoms with Crippen molar-refractivity contribution < 1.29 is 9.32 Å². The van der Waals surface area contributed by atoms with Crippen LogP contribution in [0.1, 0.15) is 45.4 Å². The first-order chi connectivity index (χ1) is 15.0. The van der Waals surface area contributed by atoms with Crippen LogP contribution < -0.4 is 11.0 Å². The van der Waals surface area contributed by atoms with E-state index in [1.54, 1.807) is 4.57 Å². The second-order valence-electron chi connectivity index (χ2n) is 7.96. The number of aryl methyl sites for hydroxylation is 3. The van der Waals surface area contributed by atoms with Crippen LogP contribution in [0, 0.1) is 13.8 Å². The molecule has 0 saturated heterocycles. The number of carbonyl (C=O) groups excluding carboxylic acids is 1. The van der Waals surface area contributed by atoms with E-state index in [4.69, 9.17) is 4.52 Å². The summed E-state index contributed by atoms with van der Waals surface area (Å²) in [5.41, 5.74) is 1.53. The first-order valence-electron chi connectivity index (χ1n) is 10.4. The molecule has 160 valence electrons. The van der Waals surface area contributed by atoms with Gasteiger partial charge in [-0.05, 0) is 44.2 Å². The molecular formula is C22H23N5O3S. The molecule has 1 atom stereocenters. The Hall–Kier alpha value is -3.20. The summed E-state index contributed by atoms with van der Waals surface area (Å²) < 4.78 is 9.51. The molecule has 1 aliphatic rings. The zero-order valence-electron chi connectivity index (χ0n) is 17.4. The molecule has 3 aromatic heterocycles. The summed E-state index contributed by atoms with van der Waals surface area (Å²) in [6, 6.07) is 9.93. The Morgan fingerprint density at radius 3 is 2.90 bits per heavy atom. The van der Waals surface area contributed by atoms with Gasteiger partial charge in [-0.15, -0.1) is 11.3 Å². The zero-order valence-corrected chi connectivity index (χ0v) is 18.2. The molecule has 0 fully saturated rings. The molecular weight excluding hydrogens is 414 g/mol. The molecule has 31 heavy (non-hydrogen) atoms. The van der Waals surface area contributed by atoms with Crippen LogP contribution in [0.25, 0.3) is 10.1 Å². The summed E-state index contributed by atoms with van der Waals surface area (Å²) in [5, 5.41) is 12.7. The molecule has 5 rings (SSSR count). The Morgan fingerprint density at radius 2 is 2.13 bits per heavy atom. The maximum absolute atomic E-state index is 12.9. The number of nitrogens with one attached hydrogen (secondary N) is 1. The molecule has 9 heteroatoms. The van der Waals surface area contributed by atoms with Crippen LogP contribution in [0.3, 0.4) is 0 Å². The van der Waals surface area contributed by atoms with Crippen molar-refractivity contribution in [3.05, 3.63) is 68.5 Å². The van der Waals surface area contributed by atoms with E-state index in [0.29, 0.717) is 36.6 Å². The third kappa shape index (κ3) is 3.69. The quantitative estimate of drug-likeness (QED) is 0.530. The van der Waals surface area contributed by atoms with Crippen LogP contribution in [0.5, 0.6) is 0 Å². The van der Waals surface area contributed by atoms with Crippen molar-refractivity contribution in [2.75, 3.05) is 0 Å². The first-order valence-corrected chi connectivity index (χ1v) is 11.2. The molecule has 8 nitrogen and oxygen atoms in total. The highest BCUT2D eigenvalue weighted by Crippen LogP contribution is 2.25. The van der Waals surface area contributed by atoms with Crippen molar-refractivity contribution in [2.45, 2.75) is 52.2 Å². The maximum Gasteiger partial charge on any atom is 0.346 e. The third-order valence-electron chi connectivity index (χ3n) is 5.89. The molecule has 4 aromatic rings. The van der Waals surface area contributed by atoms with E-state index in [-0.39, 0.29) is 17.6 Å². The molecule has 0 aliphatic carbocycles. The van der Waals surface area contributed by atoms with E-state index in [2.05, 4.69) is 15.6 Å². The highest BCUT2D eigenvalue weighted by molar-refractivity contribution is 7.20. The minimum Gasteiger partial charge on any atom is -0.361 e. The number of rotatable bonds is 4. The minimum absolute atomic E-state index is 0.00910. The lowest BCUT2D eigenvalue weighted by Gasteiger charge is -2.15. The number of fused-ring (bicyclic) bond motifs is 2. The fraction of sp³-hybridized carbons (Fsp3) is 0.364. The highest BCUT2D eigenvalue weighted by Gasteiger charge is 2.24. The van der Waals surface area contributed by atoms with Gasteiger partial charge in [0.25, 0.3) is 5.91 Å². The number of carbonyl (C=O) groups is 1. The van der Waals surface area contributed by atoms with Crippen molar-refractivity contribution in [1.29, 1.82) is 0 Å².